The lowest BCUT2D eigenvalue weighted by Gasteiger charge is -2.36. The fourth-order valence-corrected chi connectivity index (χ4v) is 5.76. The van der Waals surface area contributed by atoms with Gasteiger partial charge in [0, 0.05) is 32.8 Å². The molecule has 0 aromatic carbocycles. The molecule has 2 aliphatic heterocycles. The average molecular weight is 454 g/mol. The second-order valence-electron chi connectivity index (χ2n) is 9.98. The number of nitrogens with one attached hydrogen (secondary N) is 1. The van der Waals surface area contributed by atoms with Crippen molar-refractivity contribution in [3.8, 4) is 0 Å². The van der Waals surface area contributed by atoms with Gasteiger partial charge in [-0.15, -0.1) is 0 Å². The highest BCUT2D eigenvalue weighted by atomic mass is 16.5. The number of fused-ring (bicyclic) bond motifs is 1. The van der Waals surface area contributed by atoms with E-state index in [-0.39, 0.29) is 11.9 Å². The summed E-state index contributed by atoms with van der Waals surface area (Å²) in [4.78, 5) is 28.1. The highest BCUT2D eigenvalue weighted by Gasteiger charge is 2.28. The molecule has 0 spiro atoms. The molecule has 1 N–H and O–H groups in total. The van der Waals surface area contributed by atoms with Gasteiger partial charge < -0.3 is 9.64 Å². The third-order valence-corrected chi connectivity index (χ3v) is 7.79. The van der Waals surface area contributed by atoms with Gasteiger partial charge in [-0.25, -0.2) is 9.31 Å². The van der Waals surface area contributed by atoms with Crippen LogP contribution >= 0.6 is 0 Å². The summed E-state index contributed by atoms with van der Waals surface area (Å²) in [6.07, 6.45) is 13.0. The molecule has 3 amide bonds. The van der Waals surface area contributed by atoms with E-state index in [2.05, 4.69) is 27.4 Å². The molecule has 2 aromatic rings. The third kappa shape index (κ3) is 5.06. The van der Waals surface area contributed by atoms with Crippen LogP contribution in [-0.2, 0) is 16.0 Å². The number of rotatable bonds is 6. The van der Waals surface area contributed by atoms with E-state index in [0.717, 1.165) is 23.5 Å². The molecule has 1 saturated carbocycles. The number of likely N-dealkylation sites (tertiary alicyclic amines) is 1. The van der Waals surface area contributed by atoms with Crippen molar-refractivity contribution in [2.24, 2.45) is 11.8 Å². The number of ether oxygens (including phenoxy) is 1. The van der Waals surface area contributed by atoms with Gasteiger partial charge in [-0.05, 0) is 87.6 Å². The third-order valence-electron chi connectivity index (χ3n) is 7.79. The molecule has 3 fully saturated rings. The van der Waals surface area contributed by atoms with E-state index in [4.69, 9.17) is 4.74 Å². The van der Waals surface area contributed by atoms with Crippen molar-refractivity contribution in [2.45, 2.75) is 57.5 Å². The highest BCUT2D eigenvalue weighted by molar-refractivity contribution is 6.07. The molecule has 3 aliphatic rings. The van der Waals surface area contributed by atoms with Crippen LogP contribution in [0, 0.1) is 11.8 Å². The molecule has 2 aromatic heterocycles. The number of urea groups is 1. The van der Waals surface area contributed by atoms with E-state index in [1.807, 2.05) is 17.8 Å². The Hall–Kier alpha value is -2.45. The van der Waals surface area contributed by atoms with Crippen molar-refractivity contribution >= 4 is 23.1 Å². The van der Waals surface area contributed by atoms with Gasteiger partial charge in [0.1, 0.15) is 0 Å². The number of aromatic nitrogens is 2. The fraction of sp³-hybridized carbons (Fsp3) is 0.640. The molecule has 33 heavy (non-hydrogen) atoms. The van der Waals surface area contributed by atoms with E-state index in [1.165, 1.54) is 63.7 Å². The molecule has 4 heterocycles. The van der Waals surface area contributed by atoms with Crippen LogP contribution in [0.3, 0.4) is 0 Å². The number of pyridine rings is 1. The number of amides is 3. The molecule has 0 atom stereocenters. The van der Waals surface area contributed by atoms with Gasteiger partial charge in [0.25, 0.3) is 0 Å². The first-order chi connectivity index (χ1) is 16.1. The zero-order valence-electron chi connectivity index (χ0n) is 19.5. The Bertz CT molecular complexity index is 989. The SMILES string of the molecule is COC1CCC(CN2CCC(Cc3ccn4ncc(N5CCC(=O)NC5=O)c4c3)CC2)CC1. The predicted molar refractivity (Wildman–Crippen MR) is 126 cm³/mol. The quantitative estimate of drug-likeness (QED) is 0.726. The molecule has 0 bridgehead atoms. The van der Waals surface area contributed by atoms with Gasteiger partial charge in [0.2, 0.25) is 5.91 Å². The number of hydrogen-bond donors (Lipinski definition) is 1. The van der Waals surface area contributed by atoms with E-state index in [9.17, 15) is 9.59 Å². The Labute approximate surface area is 195 Å². The minimum absolute atomic E-state index is 0.220. The van der Waals surface area contributed by atoms with E-state index >= 15 is 0 Å². The Morgan fingerprint density at radius 3 is 2.58 bits per heavy atom. The molecule has 2 saturated heterocycles. The van der Waals surface area contributed by atoms with Gasteiger partial charge in [0.05, 0.1) is 23.5 Å². The van der Waals surface area contributed by atoms with Crippen molar-refractivity contribution in [2.75, 3.05) is 38.2 Å². The number of methoxy groups -OCH3 is 1. The first-order valence-electron chi connectivity index (χ1n) is 12.4. The first kappa shape index (κ1) is 22.3. The molecule has 0 unspecified atom stereocenters. The first-order valence-corrected chi connectivity index (χ1v) is 12.4. The van der Waals surface area contributed by atoms with Crippen LogP contribution in [0.25, 0.3) is 5.52 Å². The Balaban J connectivity index is 1.17. The summed E-state index contributed by atoms with van der Waals surface area (Å²) < 4.78 is 7.33. The number of carbonyl (C=O) groups is 2. The Kier molecular flexibility index (Phi) is 6.64. The average Bonchev–Trinajstić information content (AvgIpc) is 3.24. The van der Waals surface area contributed by atoms with Crippen LogP contribution in [0.15, 0.2) is 24.5 Å². The van der Waals surface area contributed by atoms with Gasteiger partial charge in [-0.3, -0.25) is 15.0 Å². The number of imide groups is 1. The van der Waals surface area contributed by atoms with Crippen LogP contribution < -0.4 is 10.2 Å². The number of anilines is 1. The number of carbonyl (C=O) groups excluding carboxylic acids is 2. The second-order valence-corrected chi connectivity index (χ2v) is 9.98. The normalized spacial score (nSPS) is 25.5. The molecule has 1 aliphatic carbocycles. The largest absolute Gasteiger partial charge is 0.381 e. The van der Waals surface area contributed by atoms with E-state index in [0.29, 0.717) is 25.0 Å². The lowest BCUT2D eigenvalue weighted by atomic mass is 9.85. The lowest BCUT2D eigenvalue weighted by molar-refractivity contribution is -0.120. The van der Waals surface area contributed by atoms with Crippen LogP contribution in [0.2, 0.25) is 0 Å². The monoisotopic (exact) mass is 453 g/mol. The van der Waals surface area contributed by atoms with Gasteiger partial charge in [-0.2, -0.15) is 5.10 Å². The minimum atomic E-state index is -0.366. The molecular weight excluding hydrogens is 418 g/mol. The van der Waals surface area contributed by atoms with Crippen LogP contribution in [0.5, 0.6) is 0 Å². The summed E-state index contributed by atoms with van der Waals surface area (Å²) in [7, 11) is 1.84. The topological polar surface area (TPSA) is 79.2 Å². The molecular formula is C25H35N5O3. The highest BCUT2D eigenvalue weighted by Crippen LogP contribution is 2.30. The summed E-state index contributed by atoms with van der Waals surface area (Å²) >= 11 is 0. The molecule has 178 valence electrons. The zero-order valence-corrected chi connectivity index (χ0v) is 19.5. The fourth-order valence-electron chi connectivity index (χ4n) is 5.76. The maximum atomic E-state index is 12.3. The maximum absolute atomic E-state index is 12.3. The van der Waals surface area contributed by atoms with Crippen LogP contribution in [0.1, 0.15) is 50.5 Å². The van der Waals surface area contributed by atoms with Crippen molar-refractivity contribution < 1.29 is 14.3 Å². The van der Waals surface area contributed by atoms with Gasteiger partial charge >= 0.3 is 6.03 Å². The van der Waals surface area contributed by atoms with Gasteiger partial charge in [-0.1, -0.05) is 0 Å². The van der Waals surface area contributed by atoms with Crippen LogP contribution in [0.4, 0.5) is 10.5 Å². The minimum Gasteiger partial charge on any atom is -0.381 e. The Morgan fingerprint density at radius 1 is 1.06 bits per heavy atom. The second kappa shape index (κ2) is 9.81. The van der Waals surface area contributed by atoms with Crippen molar-refractivity contribution in [1.82, 2.24) is 19.8 Å². The summed E-state index contributed by atoms with van der Waals surface area (Å²) in [5.41, 5.74) is 2.97. The Morgan fingerprint density at radius 2 is 1.85 bits per heavy atom. The van der Waals surface area contributed by atoms with Crippen molar-refractivity contribution in [1.29, 1.82) is 0 Å². The van der Waals surface area contributed by atoms with Crippen molar-refractivity contribution in [3.05, 3.63) is 30.1 Å². The summed E-state index contributed by atoms with van der Waals surface area (Å²) in [5.74, 6) is 1.30. The number of nitrogens with zero attached hydrogens (tertiary/aromatic N) is 4. The summed E-state index contributed by atoms with van der Waals surface area (Å²) in [6.45, 7) is 4.02. The lowest BCUT2D eigenvalue weighted by Crippen LogP contribution is -2.49. The van der Waals surface area contributed by atoms with Crippen molar-refractivity contribution in [3.63, 3.8) is 0 Å². The smallest absolute Gasteiger partial charge is 0.328 e. The van der Waals surface area contributed by atoms with E-state index < -0.39 is 0 Å². The zero-order chi connectivity index (χ0) is 22.8. The maximum Gasteiger partial charge on any atom is 0.328 e. The summed E-state index contributed by atoms with van der Waals surface area (Å²) in [6, 6.07) is 3.94. The molecule has 5 rings (SSSR count). The molecule has 8 nitrogen and oxygen atoms in total. The molecule has 8 heteroatoms. The number of piperidine rings is 1. The van der Waals surface area contributed by atoms with Gasteiger partial charge in [0.15, 0.2) is 0 Å². The predicted octanol–water partition coefficient (Wildman–Crippen LogP) is 3.24. The molecule has 0 radical (unpaired) electrons. The standard InChI is InChI=1S/C25H35N5O3/c1-33-21-4-2-19(3-5-21)17-28-10-6-18(7-11-28)14-20-8-13-30-22(15-20)23(16-26-30)29-12-9-24(31)27-25(29)32/h8,13,15-16,18-19,21H,2-7,9-12,14,17H2,1H3,(H,27,31,32). The summed E-state index contributed by atoms with van der Waals surface area (Å²) in [5, 5.41) is 6.81. The van der Waals surface area contributed by atoms with Crippen LogP contribution in [-0.4, -0.2) is 65.8 Å². The van der Waals surface area contributed by atoms with E-state index in [1.54, 1.807) is 11.1 Å². The number of hydrogen-bond acceptors (Lipinski definition) is 5.